The van der Waals surface area contributed by atoms with E-state index in [0.29, 0.717) is 29.6 Å². The van der Waals surface area contributed by atoms with Crippen molar-refractivity contribution in [2.45, 2.75) is 45.7 Å². The summed E-state index contributed by atoms with van der Waals surface area (Å²) in [5.41, 5.74) is 3.19. The molecule has 3 aromatic rings. The van der Waals surface area contributed by atoms with Crippen molar-refractivity contribution >= 4 is 17.4 Å². The maximum absolute atomic E-state index is 13.4. The van der Waals surface area contributed by atoms with Gasteiger partial charge in [0.15, 0.2) is 0 Å². The number of amides is 1. The maximum Gasteiger partial charge on any atom is 0.295 e. The van der Waals surface area contributed by atoms with Crippen molar-refractivity contribution in [3.05, 3.63) is 101 Å². The van der Waals surface area contributed by atoms with Gasteiger partial charge in [0.25, 0.3) is 11.7 Å². The molecule has 1 fully saturated rings. The highest BCUT2D eigenvalue weighted by atomic mass is 16.5. The van der Waals surface area contributed by atoms with E-state index in [1.807, 2.05) is 55.5 Å². The molecule has 1 N–H and O–H groups in total. The lowest BCUT2D eigenvalue weighted by Crippen LogP contribution is -2.29. The second-order valence-electron chi connectivity index (χ2n) is 9.43. The van der Waals surface area contributed by atoms with Gasteiger partial charge in [-0.3, -0.25) is 9.59 Å². The van der Waals surface area contributed by atoms with Crippen LogP contribution in [0.25, 0.3) is 5.76 Å². The number of nitrogens with zero attached hydrogens (tertiary/aromatic N) is 1. The fourth-order valence-electron chi connectivity index (χ4n) is 4.55. The zero-order valence-electron chi connectivity index (χ0n) is 21.7. The summed E-state index contributed by atoms with van der Waals surface area (Å²) in [7, 11) is 1.57. The Kier molecular flexibility index (Phi) is 7.97. The van der Waals surface area contributed by atoms with E-state index in [9.17, 15) is 14.7 Å². The second kappa shape index (κ2) is 11.3. The number of likely N-dealkylation sites (tertiary alicyclic amines) is 1. The monoisotopic (exact) mass is 499 g/mol. The molecule has 1 aliphatic heterocycles. The lowest BCUT2D eigenvalue weighted by atomic mass is 9.93. The fourth-order valence-corrected chi connectivity index (χ4v) is 4.55. The number of hydrogen-bond acceptors (Lipinski definition) is 5. The zero-order chi connectivity index (χ0) is 26.5. The second-order valence-corrected chi connectivity index (χ2v) is 9.43. The van der Waals surface area contributed by atoms with Crippen LogP contribution in [0.2, 0.25) is 0 Å². The zero-order valence-corrected chi connectivity index (χ0v) is 21.7. The minimum absolute atomic E-state index is 0.0689. The van der Waals surface area contributed by atoms with E-state index < -0.39 is 17.7 Å². The first-order chi connectivity index (χ1) is 17.8. The van der Waals surface area contributed by atoms with Gasteiger partial charge >= 0.3 is 0 Å². The van der Waals surface area contributed by atoms with Gasteiger partial charge in [-0.1, -0.05) is 63.2 Å². The first-order valence-corrected chi connectivity index (χ1v) is 12.6. The molecule has 1 heterocycles. The van der Waals surface area contributed by atoms with Crippen molar-refractivity contribution in [1.82, 2.24) is 4.90 Å². The number of ether oxygens (including phenoxy) is 2. The summed E-state index contributed by atoms with van der Waals surface area (Å²) in [6.45, 7) is 6.99. The Labute approximate surface area is 218 Å². The Bertz CT molecular complexity index is 1290. The molecule has 1 amide bonds. The number of carbonyl (C=O) groups excluding carboxylic acids is 2. The van der Waals surface area contributed by atoms with Gasteiger partial charge in [-0.25, -0.2) is 0 Å². The van der Waals surface area contributed by atoms with E-state index in [4.69, 9.17) is 9.47 Å². The van der Waals surface area contributed by atoms with Crippen molar-refractivity contribution in [1.29, 1.82) is 0 Å². The molecular weight excluding hydrogens is 466 g/mol. The molecule has 37 heavy (non-hydrogen) atoms. The van der Waals surface area contributed by atoms with Crippen LogP contribution in [0.4, 0.5) is 0 Å². The summed E-state index contributed by atoms with van der Waals surface area (Å²) in [5.74, 6) is 0.0602. The third-order valence-electron chi connectivity index (χ3n) is 6.59. The number of Topliss-reactive ketones (excluding diaryl/α,β-unsaturated/α-hetero) is 1. The van der Waals surface area contributed by atoms with Gasteiger partial charge in [-0.05, 0) is 53.8 Å². The maximum atomic E-state index is 13.4. The molecule has 1 saturated heterocycles. The van der Waals surface area contributed by atoms with E-state index >= 15 is 0 Å². The smallest absolute Gasteiger partial charge is 0.295 e. The summed E-state index contributed by atoms with van der Waals surface area (Å²) in [6.07, 6.45) is 0.882. The van der Waals surface area contributed by atoms with Crippen LogP contribution in [0, 0.1) is 0 Å². The van der Waals surface area contributed by atoms with E-state index in [0.717, 1.165) is 23.1 Å². The number of para-hydroxylation sites is 1. The summed E-state index contributed by atoms with van der Waals surface area (Å²) in [6, 6.07) is 21.4. The van der Waals surface area contributed by atoms with E-state index in [2.05, 4.69) is 13.8 Å². The van der Waals surface area contributed by atoms with Crippen LogP contribution in [-0.4, -0.2) is 35.4 Å². The van der Waals surface area contributed by atoms with Crippen LogP contribution in [0.5, 0.6) is 11.5 Å². The summed E-state index contributed by atoms with van der Waals surface area (Å²) in [4.78, 5) is 28.2. The quantitative estimate of drug-likeness (QED) is 0.215. The molecule has 0 spiro atoms. The topological polar surface area (TPSA) is 76.1 Å². The Morgan fingerprint density at radius 2 is 1.65 bits per heavy atom. The van der Waals surface area contributed by atoms with Gasteiger partial charge in [0.1, 0.15) is 17.3 Å². The largest absolute Gasteiger partial charge is 0.507 e. The van der Waals surface area contributed by atoms with Crippen molar-refractivity contribution in [3.63, 3.8) is 0 Å². The van der Waals surface area contributed by atoms with Crippen LogP contribution >= 0.6 is 0 Å². The highest BCUT2D eigenvalue weighted by molar-refractivity contribution is 6.46. The van der Waals surface area contributed by atoms with Gasteiger partial charge in [0.2, 0.25) is 0 Å². The molecule has 0 radical (unpaired) electrons. The SMILES string of the molecule is CCCOc1ccc(/C(O)=C2\C(=O)C(=O)N(Cc3ccccc3OC)C2c2ccc(C(C)C)cc2)cc1. The van der Waals surface area contributed by atoms with Crippen LogP contribution in [0.1, 0.15) is 61.4 Å². The third-order valence-corrected chi connectivity index (χ3v) is 6.59. The summed E-state index contributed by atoms with van der Waals surface area (Å²) in [5, 5.41) is 11.3. The molecule has 1 aliphatic rings. The standard InChI is InChI=1S/C31H33NO5/c1-5-18-37-25-16-14-23(15-17-25)29(33)27-28(22-12-10-21(11-13-22)20(2)3)32(31(35)30(27)34)19-24-8-6-7-9-26(24)36-4/h6-17,20,28,33H,5,18-19H2,1-4H3/b29-27+. The number of hydrogen-bond donors (Lipinski definition) is 1. The lowest BCUT2D eigenvalue weighted by Gasteiger charge is -2.26. The minimum Gasteiger partial charge on any atom is -0.507 e. The number of ketones is 1. The molecule has 3 aromatic carbocycles. The Balaban J connectivity index is 1.80. The lowest BCUT2D eigenvalue weighted by molar-refractivity contribution is -0.140. The molecule has 1 atom stereocenters. The number of rotatable bonds is 9. The van der Waals surface area contributed by atoms with Crippen molar-refractivity contribution in [2.24, 2.45) is 0 Å². The van der Waals surface area contributed by atoms with Crippen molar-refractivity contribution in [3.8, 4) is 11.5 Å². The van der Waals surface area contributed by atoms with Crippen LogP contribution in [-0.2, 0) is 16.1 Å². The molecule has 4 rings (SSSR count). The van der Waals surface area contributed by atoms with Crippen LogP contribution in [0.3, 0.4) is 0 Å². The first kappa shape index (κ1) is 26.0. The number of aliphatic hydroxyl groups is 1. The average molecular weight is 500 g/mol. The highest BCUT2D eigenvalue weighted by Crippen LogP contribution is 2.41. The van der Waals surface area contributed by atoms with Gasteiger partial charge in [0.05, 0.1) is 31.9 Å². The first-order valence-electron chi connectivity index (χ1n) is 12.6. The van der Waals surface area contributed by atoms with Gasteiger partial charge < -0.3 is 19.5 Å². The van der Waals surface area contributed by atoms with E-state index in [1.165, 1.54) is 4.90 Å². The van der Waals surface area contributed by atoms with Gasteiger partial charge in [0, 0.05) is 11.1 Å². The number of methoxy groups -OCH3 is 1. The molecule has 0 bridgehead atoms. The molecule has 0 aliphatic carbocycles. The minimum atomic E-state index is -0.748. The molecule has 6 heteroatoms. The number of benzene rings is 3. The molecule has 192 valence electrons. The third kappa shape index (κ3) is 5.38. The van der Waals surface area contributed by atoms with Gasteiger partial charge in [-0.15, -0.1) is 0 Å². The highest BCUT2D eigenvalue weighted by Gasteiger charge is 2.46. The molecule has 0 aromatic heterocycles. The van der Waals surface area contributed by atoms with Crippen molar-refractivity contribution < 1.29 is 24.2 Å². The molecule has 1 unspecified atom stereocenters. The Hall–Kier alpha value is -4.06. The van der Waals surface area contributed by atoms with E-state index in [-0.39, 0.29) is 17.9 Å². The molecular formula is C31H33NO5. The Morgan fingerprint density at radius 3 is 2.27 bits per heavy atom. The fraction of sp³-hybridized carbons (Fsp3) is 0.290. The van der Waals surface area contributed by atoms with Crippen LogP contribution < -0.4 is 9.47 Å². The normalized spacial score (nSPS) is 16.9. The van der Waals surface area contributed by atoms with Crippen molar-refractivity contribution in [2.75, 3.05) is 13.7 Å². The predicted octanol–water partition coefficient (Wildman–Crippen LogP) is 6.23. The van der Waals surface area contributed by atoms with E-state index in [1.54, 1.807) is 31.4 Å². The molecule has 6 nitrogen and oxygen atoms in total. The number of carbonyl (C=O) groups is 2. The summed E-state index contributed by atoms with van der Waals surface area (Å²) < 4.78 is 11.1. The Morgan fingerprint density at radius 1 is 0.973 bits per heavy atom. The predicted molar refractivity (Wildman–Crippen MR) is 144 cm³/mol. The summed E-state index contributed by atoms with van der Waals surface area (Å²) >= 11 is 0. The van der Waals surface area contributed by atoms with Gasteiger partial charge in [-0.2, -0.15) is 0 Å². The average Bonchev–Trinajstić information content (AvgIpc) is 3.17. The number of aliphatic hydroxyl groups excluding tert-OH is 1. The molecule has 0 saturated carbocycles. The van der Waals surface area contributed by atoms with Crippen LogP contribution in [0.15, 0.2) is 78.4 Å².